The summed E-state index contributed by atoms with van der Waals surface area (Å²) in [6, 6.07) is 0. The minimum Gasteiger partial charge on any atom is -0.442 e. The van der Waals surface area contributed by atoms with Gasteiger partial charge in [0.25, 0.3) is 0 Å². The highest BCUT2D eigenvalue weighted by Crippen LogP contribution is 2.14. The Bertz CT molecular complexity index is 386. The van der Waals surface area contributed by atoms with Gasteiger partial charge < -0.3 is 4.74 Å². The van der Waals surface area contributed by atoms with Gasteiger partial charge >= 0.3 is 6.09 Å². The lowest BCUT2D eigenvalue weighted by Gasteiger charge is -2.19. The van der Waals surface area contributed by atoms with E-state index in [2.05, 4.69) is 5.10 Å². The summed E-state index contributed by atoms with van der Waals surface area (Å²) in [5, 5.41) is 4.14. The molecule has 1 rings (SSSR count). The third-order valence-electron chi connectivity index (χ3n) is 2.22. The van der Waals surface area contributed by atoms with Crippen LogP contribution in [0.25, 0.3) is 0 Å². The molecule has 0 fully saturated rings. The van der Waals surface area contributed by atoms with E-state index in [4.69, 9.17) is 4.74 Å². The first-order valence-corrected chi connectivity index (χ1v) is 4.98. The van der Waals surface area contributed by atoms with E-state index in [0.717, 1.165) is 17.0 Å². The van der Waals surface area contributed by atoms with Crippen molar-refractivity contribution < 1.29 is 9.53 Å². The lowest BCUT2D eigenvalue weighted by atomic mass is 10.2. The highest BCUT2D eigenvalue weighted by atomic mass is 16.6. The molecular weight excluding hydrogens is 192 g/mol. The molecular formula is C11H18N2O2. The molecule has 0 saturated heterocycles. The highest BCUT2D eigenvalue weighted by Gasteiger charge is 2.21. The fourth-order valence-corrected chi connectivity index (χ4v) is 1.20. The van der Waals surface area contributed by atoms with Gasteiger partial charge in [-0.3, -0.25) is 0 Å². The van der Waals surface area contributed by atoms with E-state index >= 15 is 0 Å². The molecule has 0 unspecified atom stereocenters. The second-order valence-corrected chi connectivity index (χ2v) is 4.69. The van der Waals surface area contributed by atoms with E-state index in [-0.39, 0.29) is 0 Å². The first kappa shape index (κ1) is 11.8. The first-order chi connectivity index (χ1) is 6.72. The van der Waals surface area contributed by atoms with Crippen LogP contribution in [0.1, 0.15) is 37.7 Å². The molecule has 4 heteroatoms. The summed E-state index contributed by atoms with van der Waals surface area (Å²) in [7, 11) is 0. The standard InChI is InChI=1S/C11H18N2O2/c1-7-8(2)12-13(9(7)3)10(14)15-11(4,5)6/h1-6H3. The minimum atomic E-state index is -0.489. The molecule has 1 aromatic rings. The number of aromatic nitrogens is 2. The van der Waals surface area contributed by atoms with Crippen molar-refractivity contribution in [3.05, 3.63) is 17.0 Å². The molecule has 0 N–H and O–H groups in total. The van der Waals surface area contributed by atoms with Crippen molar-refractivity contribution in [2.75, 3.05) is 0 Å². The van der Waals surface area contributed by atoms with Gasteiger partial charge in [0.1, 0.15) is 5.60 Å². The van der Waals surface area contributed by atoms with Gasteiger partial charge in [-0.2, -0.15) is 9.78 Å². The number of carbonyl (C=O) groups excluding carboxylic acids is 1. The SMILES string of the molecule is Cc1nn(C(=O)OC(C)(C)C)c(C)c1C. The minimum absolute atomic E-state index is 0.420. The van der Waals surface area contributed by atoms with Gasteiger partial charge in [-0.15, -0.1) is 0 Å². The molecule has 1 heterocycles. The van der Waals surface area contributed by atoms with Crippen molar-refractivity contribution >= 4 is 6.09 Å². The van der Waals surface area contributed by atoms with Crippen LogP contribution >= 0.6 is 0 Å². The molecule has 0 radical (unpaired) electrons. The molecule has 0 aliphatic carbocycles. The zero-order valence-electron chi connectivity index (χ0n) is 10.2. The Morgan fingerprint density at radius 2 is 1.80 bits per heavy atom. The quantitative estimate of drug-likeness (QED) is 0.661. The summed E-state index contributed by atoms with van der Waals surface area (Å²) >= 11 is 0. The summed E-state index contributed by atoms with van der Waals surface area (Å²) in [5.74, 6) is 0. The molecule has 0 bridgehead atoms. The van der Waals surface area contributed by atoms with Crippen LogP contribution in [0.5, 0.6) is 0 Å². The number of ether oxygens (including phenoxy) is 1. The topological polar surface area (TPSA) is 44.1 Å². The van der Waals surface area contributed by atoms with Gasteiger partial charge in [0.05, 0.1) is 11.4 Å². The predicted molar refractivity (Wildman–Crippen MR) is 58.1 cm³/mol. The fourth-order valence-electron chi connectivity index (χ4n) is 1.20. The van der Waals surface area contributed by atoms with Crippen molar-refractivity contribution in [1.29, 1.82) is 0 Å². The maximum atomic E-state index is 11.7. The molecule has 1 aromatic heterocycles. The predicted octanol–water partition coefficient (Wildman–Crippen LogP) is 2.59. The Morgan fingerprint density at radius 3 is 2.13 bits per heavy atom. The van der Waals surface area contributed by atoms with Gasteiger partial charge in [0, 0.05) is 0 Å². The molecule has 84 valence electrons. The summed E-state index contributed by atoms with van der Waals surface area (Å²) in [6.07, 6.45) is -0.420. The van der Waals surface area contributed by atoms with Gasteiger partial charge in [0.2, 0.25) is 0 Å². The van der Waals surface area contributed by atoms with E-state index in [1.165, 1.54) is 4.68 Å². The van der Waals surface area contributed by atoms with Crippen molar-refractivity contribution in [3.63, 3.8) is 0 Å². The smallest absolute Gasteiger partial charge is 0.435 e. The van der Waals surface area contributed by atoms with Crippen molar-refractivity contribution in [2.45, 2.75) is 47.1 Å². The molecule has 4 nitrogen and oxygen atoms in total. The Morgan fingerprint density at radius 1 is 1.27 bits per heavy atom. The lowest BCUT2D eigenvalue weighted by molar-refractivity contribution is 0.0510. The number of nitrogens with zero attached hydrogens (tertiary/aromatic N) is 2. The average molecular weight is 210 g/mol. The Labute approximate surface area is 90.2 Å². The number of carbonyl (C=O) groups is 1. The van der Waals surface area contributed by atoms with E-state index in [1.54, 1.807) is 0 Å². The molecule has 0 aliphatic heterocycles. The monoisotopic (exact) mass is 210 g/mol. The maximum absolute atomic E-state index is 11.7. The zero-order chi connectivity index (χ0) is 11.8. The molecule has 15 heavy (non-hydrogen) atoms. The fraction of sp³-hybridized carbons (Fsp3) is 0.636. The van der Waals surface area contributed by atoms with E-state index in [9.17, 15) is 4.79 Å². The van der Waals surface area contributed by atoms with Crippen LogP contribution in [0, 0.1) is 20.8 Å². The highest BCUT2D eigenvalue weighted by molar-refractivity contribution is 5.71. The number of aryl methyl sites for hydroxylation is 1. The van der Waals surface area contributed by atoms with Gasteiger partial charge in [0.15, 0.2) is 0 Å². The zero-order valence-corrected chi connectivity index (χ0v) is 10.2. The molecule has 0 spiro atoms. The van der Waals surface area contributed by atoms with Crippen LogP contribution in [0.3, 0.4) is 0 Å². The van der Waals surface area contributed by atoms with E-state index in [0.29, 0.717) is 0 Å². The van der Waals surface area contributed by atoms with Crippen LogP contribution in [-0.4, -0.2) is 21.5 Å². The summed E-state index contributed by atoms with van der Waals surface area (Å²) in [5.41, 5.74) is 2.23. The lowest BCUT2D eigenvalue weighted by Crippen LogP contribution is -2.28. The van der Waals surface area contributed by atoms with Crippen LogP contribution in [0.4, 0.5) is 4.79 Å². The van der Waals surface area contributed by atoms with E-state index in [1.807, 2.05) is 41.5 Å². The number of hydrogen-bond acceptors (Lipinski definition) is 3. The summed E-state index contributed by atoms with van der Waals surface area (Å²) in [6.45, 7) is 11.2. The summed E-state index contributed by atoms with van der Waals surface area (Å²) < 4.78 is 6.55. The van der Waals surface area contributed by atoms with Crippen LogP contribution in [0.2, 0.25) is 0 Å². The van der Waals surface area contributed by atoms with E-state index < -0.39 is 11.7 Å². The number of hydrogen-bond donors (Lipinski definition) is 0. The average Bonchev–Trinajstić information content (AvgIpc) is 2.30. The molecule has 0 aromatic carbocycles. The molecule has 0 amide bonds. The molecule has 0 aliphatic rings. The summed E-state index contributed by atoms with van der Waals surface area (Å²) in [4.78, 5) is 11.7. The molecule has 0 saturated carbocycles. The van der Waals surface area contributed by atoms with Crippen molar-refractivity contribution in [3.8, 4) is 0 Å². The second-order valence-electron chi connectivity index (χ2n) is 4.69. The Hall–Kier alpha value is -1.32. The van der Waals surface area contributed by atoms with Crippen LogP contribution in [-0.2, 0) is 4.74 Å². The second kappa shape index (κ2) is 3.68. The third kappa shape index (κ3) is 2.58. The van der Waals surface area contributed by atoms with Crippen LogP contribution in [0.15, 0.2) is 0 Å². The van der Waals surface area contributed by atoms with Gasteiger partial charge in [-0.1, -0.05) is 0 Å². The third-order valence-corrected chi connectivity index (χ3v) is 2.22. The van der Waals surface area contributed by atoms with Crippen molar-refractivity contribution in [2.24, 2.45) is 0 Å². The van der Waals surface area contributed by atoms with Crippen molar-refractivity contribution in [1.82, 2.24) is 9.78 Å². The Kier molecular flexibility index (Phi) is 2.88. The van der Waals surface area contributed by atoms with Gasteiger partial charge in [-0.05, 0) is 47.1 Å². The van der Waals surface area contributed by atoms with Crippen LogP contribution < -0.4 is 0 Å². The Balaban J connectivity index is 2.98. The normalized spacial score (nSPS) is 11.6. The first-order valence-electron chi connectivity index (χ1n) is 4.98. The maximum Gasteiger partial charge on any atom is 0.435 e. The van der Waals surface area contributed by atoms with Gasteiger partial charge in [-0.25, -0.2) is 4.79 Å². The number of rotatable bonds is 0. The largest absolute Gasteiger partial charge is 0.442 e. The molecule has 0 atom stereocenters.